The number of carbonyl (C=O) groups is 4. The van der Waals surface area contributed by atoms with Crippen molar-refractivity contribution in [2.45, 2.75) is 33.6 Å². The van der Waals surface area contributed by atoms with Crippen LogP contribution in [0.3, 0.4) is 0 Å². The Balaban J connectivity index is 1.31. The summed E-state index contributed by atoms with van der Waals surface area (Å²) in [5.74, 6) is -2.09. The Labute approximate surface area is 299 Å². The minimum atomic E-state index is -0.860. The van der Waals surface area contributed by atoms with Crippen LogP contribution in [0.25, 0.3) is 0 Å². The molecular formula is C41H46N4O6. The van der Waals surface area contributed by atoms with Gasteiger partial charge in [-0.1, -0.05) is 42.5 Å². The summed E-state index contributed by atoms with van der Waals surface area (Å²) in [6.45, 7) is 12.1. The molecule has 5 rings (SSSR count). The first-order valence-corrected chi connectivity index (χ1v) is 17.6. The van der Waals surface area contributed by atoms with Gasteiger partial charge in [-0.15, -0.1) is 0 Å². The van der Waals surface area contributed by atoms with Gasteiger partial charge in [0.2, 0.25) is 0 Å². The molecule has 4 aromatic rings. The molecule has 4 aromatic carbocycles. The third-order valence-electron chi connectivity index (χ3n) is 9.75. The van der Waals surface area contributed by atoms with E-state index in [1.165, 1.54) is 0 Å². The van der Waals surface area contributed by atoms with Crippen molar-refractivity contribution in [1.29, 1.82) is 0 Å². The molecule has 0 aliphatic carbocycles. The highest BCUT2D eigenvalue weighted by molar-refractivity contribution is 6.16. The van der Waals surface area contributed by atoms with Gasteiger partial charge in [0.05, 0.1) is 17.0 Å². The molecule has 1 unspecified atom stereocenters. The van der Waals surface area contributed by atoms with Crippen LogP contribution in [-0.2, 0) is 4.79 Å². The van der Waals surface area contributed by atoms with Gasteiger partial charge < -0.3 is 34.6 Å². The van der Waals surface area contributed by atoms with Crippen molar-refractivity contribution in [3.05, 3.63) is 118 Å². The molecule has 10 heteroatoms. The molecule has 266 valence electrons. The molecule has 1 aliphatic heterocycles. The maximum atomic E-state index is 13.9. The zero-order valence-corrected chi connectivity index (χ0v) is 29.7. The van der Waals surface area contributed by atoms with E-state index in [9.17, 15) is 29.4 Å². The average Bonchev–Trinajstić information content (AvgIpc) is 3.16. The van der Waals surface area contributed by atoms with Gasteiger partial charge in [0.25, 0.3) is 11.8 Å². The van der Waals surface area contributed by atoms with Gasteiger partial charge in [0.1, 0.15) is 17.8 Å². The van der Waals surface area contributed by atoms with Crippen molar-refractivity contribution in [1.82, 2.24) is 9.80 Å². The summed E-state index contributed by atoms with van der Waals surface area (Å²) in [6.07, 6.45) is 0.743. The van der Waals surface area contributed by atoms with Gasteiger partial charge in [-0.2, -0.15) is 0 Å². The average molecular weight is 691 g/mol. The summed E-state index contributed by atoms with van der Waals surface area (Å²) in [5.41, 5.74) is 3.43. The molecule has 1 saturated heterocycles. The number of phenols is 2. The number of rotatable bonds is 13. The van der Waals surface area contributed by atoms with Crippen LogP contribution in [0.2, 0.25) is 0 Å². The summed E-state index contributed by atoms with van der Waals surface area (Å²) in [6, 6.07) is 23.7. The van der Waals surface area contributed by atoms with Crippen molar-refractivity contribution in [2.75, 3.05) is 62.2 Å². The molecule has 0 aromatic heterocycles. The highest BCUT2D eigenvalue weighted by Gasteiger charge is 2.31. The largest absolute Gasteiger partial charge is 0.508 e. The Bertz CT molecular complexity index is 1890. The topological polar surface area (TPSA) is 122 Å². The second kappa shape index (κ2) is 16.4. The minimum absolute atomic E-state index is 0.0171. The molecule has 0 saturated carbocycles. The summed E-state index contributed by atoms with van der Waals surface area (Å²) in [4.78, 5) is 61.4. The molecule has 51 heavy (non-hydrogen) atoms. The molecule has 2 N–H and O–H groups in total. The van der Waals surface area contributed by atoms with Crippen molar-refractivity contribution < 1.29 is 29.4 Å². The van der Waals surface area contributed by atoms with Crippen LogP contribution < -0.4 is 9.80 Å². The number of carbonyl (C=O) groups excluding carboxylic acids is 4. The van der Waals surface area contributed by atoms with Crippen LogP contribution in [0.1, 0.15) is 81.4 Å². The first-order chi connectivity index (χ1) is 24.7. The number of piperazine rings is 1. The highest BCUT2D eigenvalue weighted by atomic mass is 16.3. The summed E-state index contributed by atoms with van der Waals surface area (Å²) in [7, 11) is 0. The van der Waals surface area contributed by atoms with Crippen LogP contribution in [-0.4, -0.2) is 96.3 Å². The molecule has 0 bridgehead atoms. The fourth-order valence-corrected chi connectivity index (χ4v) is 6.82. The predicted octanol–water partition coefficient (Wildman–Crippen LogP) is 5.95. The Kier molecular flexibility index (Phi) is 11.8. The fourth-order valence-electron chi connectivity index (χ4n) is 6.82. The first kappa shape index (κ1) is 36.6. The van der Waals surface area contributed by atoms with Crippen molar-refractivity contribution in [2.24, 2.45) is 0 Å². The molecule has 2 amide bonds. The third kappa shape index (κ3) is 7.60. The van der Waals surface area contributed by atoms with Crippen molar-refractivity contribution >= 4 is 35.3 Å². The Morgan fingerprint density at radius 1 is 0.608 bits per heavy atom. The lowest BCUT2D eigenvalue weighted by Gasteiger charge is -2.35. The number of hydrogen-bond acceptors (Lipinski definition) is 8. The van der Waals surface area contributed by atoms with Crippen molar-refractivity contribution in [3.63, 3.8) is 0 Å². The van der Waals surface area contributed by atoms with Crippen LogP contribution >= 0.6 is 0 Å². The number of anilines is 2. The smallest absolute Gasteiger partial charge is 0.254 e. The normalized spacial score (nSPS) is 13.4. The molecule has 1 fully saturated rings. The van der Waals surface area contributed by atoms with Gasteiger partial charge in [-0.25, -0.2) is 0 Å². The molecule has 1 aliphatic rings. The van der Waals surface area contributed by atoms with Crippen LogP contribution in [0.5, 0.6) is 11.5 Å². The fraction of sp³-hybridized carbons (Fsp3) is 0.317. The number of amides is 2. The maximum Gasteiger partial charge on any atom is 0.254 e. The number of benzene rings is 4. The lowest BCUT2D eigenvalue weighted by Crippen LogP contribution is -2.51. The SMILES string of the molecule is CCN(CC)c1ccc(C(=O)c2ccccc2C(=O)N2CCN(C(=O)c3ccccc3C(C=O)c3ccc(N(CC)CC)cc3O)CC2)c(O)c1. The highest BCUT2D eigenvalue weighted by Crippen LogP contribution is 2.35. The number of aromatic hydroxyl groups is 2. The van der Waals surface area contributed by atoms with Gasteiger partial charge >= 0.3 is 0 Å². The number of phenolic OH excluding ortho intramolecular Hbond substituents is 2. The first-order valence-electron chi connectivity index (χ1n) is 17.6. The zero-order chi connectivity index (χ0) is 36.7. The van der Waals surface area contributed by atoms with E-state index < -0.39 is 11.7 Å². The molecule has 0 radical (unpaired) electrons. The van der Waals surface area contributed by atoms with Crippen LogP contribution in [0.15, 0.2) is 84.9 Å². The molecule has 1 atom stereocenters. The van der Waals surface area contributed by atoms with E-state index in [-0.39, 0.29) is 66.2 Å². The van der Waals surface area contributed by atoms with E-state index in [1.54, 1.807) is 88.7 Å². The maximum absolute atomic E-state index is 13.9. The molecular weight excluding hydrogens is 644 g/mol. The summed E-state index contributed by atoms with van der Waals surface area (Å²) < 4.78 is 0. The molecule has 1 heterocycles. The van der Waals surface area contributed by atoms with Gasteiger partial charge in [-0.05, 0) is 63.6 Å². The number of hydrogen-bond donors (Lipinski definition) is 2. The quantitative estimate of drug-likeness (QED) is 0.131. The molecule has 0 spiro atoms. The van der Waals surface area contributed by atoms with Gasteiger partial charge in [0.15, 0.2) is 5.78 Å². The number of aldehydes is 1. The van der Waals surface area contributed by atoms with E-state index >= 15 is 0 Å². The summed E-state index contributed by atoms with van der Waals surface area (Å²) in [5, 5.41) is 21.8. The predicted molar refractivity (Wildman–Crippen MR) is 199 cm³/mol. The van der Waals surface area contributed by atoms with E-state index in [4.69, 9.17) is 0 Å². The van der Waals surface area contributed by atoms with E-state index in [0.29, 0.717) is 16.7 Å². The lowest BCUT2D eigenvalue weighted by molar-refractivity contribution is -0.108. The van der Waals surface area contributed by atoms with Crippen LogP contribution in [0, 0.1) is 0 Å². The Morgan fingerprint density at radius 2 is 1.08 bits per heavy atom. The van der Waals surface area contributed by atoms with Gasteiger partial charge in [0, 0.05) is 92.6 Å². The lowest BCUT2D eigenvalue weighted by atomic mass is 9.88. The van der Waals surface area contributed by atoms with Gasteiger partial charge in [-0.3, -0.25) is 14.4 Å². The number of nitrogens with zero attached hydrogens (tertiary/aromatic N) is 4. The van der Waals surface area contributed by atoms with E-state index in [0.717, 1.165) is 43.8 Å². The second-order valence-electron chi connectivity index (χ2n) is 12.4. The van der Waals surface area contributed by atoms with E-state index in [2.05, 4.69) is 9.80 Å². The Morgan fingerprint density at radius 3 is 1.59 bits per heavy atom. The third-order valence-corrected chi connectivity index (χ3v) is 9.75. The standard InChI is InChI=1S/C41H46N4O6/c1-5-42(6-2)28-17-19-31(37(47)25-28)36(27-46)30-13-9-11-15-33(30)40(50)44-21-23-45(24-22-44)41(51)34-16-12-10-14-32(34)39(49)35-20-18-29(26-38(35)48)43(7-3)8-4/h9-20,25-27,36,47-48H,5-8,21-24H2,1-4H3. The van der Waals surface area contributed by atoms with Crippen LogP contribution in [0.4, 0.5) is 11.4 Å². The molecule has 10 nitrogen and oxygen atoms in total. The Hall–Kier alpha value is -5.64. The second-order valence-corrected chi connectivity index (χ2v) is 12.4. The van der Waals surface area contributed by atoms with Crippen molar-refractivity contribution in [3.8, 4) is 11.5 Å². The van der Waals surface area contributed by atoms with E-state index in [1.807, 2.05) is 33.8 Å². The minimum Gasteiger partial charge on any atom is -0.508 e. The zero-order valence-electron chi connectivity index (χ0n) is 29.7. The summed E-state index contributed by atoms with van der Waals surface area (Å²) >= 11 is 0. The number of ketones is 1. The monoisotopic (exact) mass is 690 g/mol.